The van der Waals surface area contributed by atoms with E-state index in [-0.39, 0.29) is 11.9 Å². The number of aryl methyl sites for hydroxylation is 1. The van der Waals surface area contributed by atoms with Gasteiger partial charge in [-0.25, -0.2) is 4.98 Å². The van der Waals surface area contributed by atoms with Gasteiger partial charge < -0.3 is 20.9 Å². The number of anilines is 2. The first kappa shape index (κ1) is 19.7. The van der Waals surface area contributed by atoms with Gasteiger partial charge in [0.05, 0.1) is 11.9 Å². The lowest BCUT2D eigenvalue weighted by Gasteiger charge is -2.42. The molecule has 3 N–H and O–H groups in total. The van der Waals surface area contributed by atoms with Crippen LogP contribution in [0.15, 0.2) is 12.3 Å². The summed E-state index contributed by atoms with van der Waals surface area (Å²) in [6, 6.07) is 1.52. The molecule has 0 aromatic carbocycles. The number of amides is 3. The van der Waals surface area contributed by atoms with Gasteiger partial charge in [0.1, 0.15) is 5.82 Å². The summed E-state index contributed by atoms with van der Waals surface area (Å²) in [5.41, 5.74) is 6.32. The van der Waals surface area contributed by atoms with Gasteiger partial charge in [-0.15, -0.1) is 0 Å². The van der Waals surface area contributed by atoms with E-state index in [2.05, 4.69) is 10.3 Å². The highest BCUT2D eigenvalue weighted by Crippen LogP contribution is 2.21. The van der Waals surface area contributed by atoms with Crippen LogP contribution in [-0.2, 0) is 14.4 Å². The van der Waals surface area contributed by atoms with Gasteiger partial charge in [-0.05, 0) is 25.5 Å². The molecule has 1 fully saturated rings. The molecule has 8 nitrogen and oxygen atoms in total. The smallest absolute Gasteiger partial charge is 0.313 e. The van der Waals surface area contributed by atoms with E-state index in [1.807, 2.05) is 27.7 Å². The molecule has 1 aliphatic heterocycles. The van der Waals surface area contributed by atoms with Crippen molar-refractivity contribution in [1.29, 1.82) is 0 Å². The van der Waals surface area contributed by atoms with Crippen molar-refractivity contribution in [3.63, 3.8) is 0 Å². The molecule has 1 unspecified atom stereocenters. The summed E-state index contributed by atoms with van der Waals surface area (Å²) in [7, 11) is 0. The monoisotopic (exact) mass is 361 g/mol. The van der Waals surface area contributed by atoms with Crippen molar-refractivity contribution in [3.05, 3.63) is 17.8 Å². The molecule has 1 aromatic heterocycles. The SMILES string of the molecule is Cc1cc(NC(=O)C(=O)N2CCN(C(=O)C(C)(C)C)C(C)C2)cnc1N. The minimum atomic E-state index is -0.723. The predicted molar refractivity (Wildman–Crippen MR) is 99.2 cm³/mol. The van der Waals surface area contributed by atoms with Gasteiger partial charge in [0, 0.05) is 31.1 Å². The number of hydrogen-bond acceptors (Lipinski definition) is 5. The number of nitrogens with zero attached hydrogens (tertiary/aromatic N) is 3. The van der Waals surface area contributed by atoms with Crippen LogP contribution < -0.4 is 11.1 Å². The third-order valence-electron chi connectivity index (χ3n) is 4.39. The van der Waals surface area contributed by atoms with Crippen molar-refractivity contribution in [2.75, 3.05) is 30.7 Å². The molecular weight excluding hydrogens is 334 g/mol. The molecule has 2 heterocycles. The maximum absolute atomic E-state index is 12.5. The van der Waals surface area contributed by atoms with E-state index in [0.29, 0.717) is 31.1 Å². The van der Waals surface area contributed by atoms with E-state index in [0.717, 1.165) is 5.56 Å². The second kappa shape index (κ2) is 7.31. The van der Waals surface area contributed by atoms with Gasteiger partial charge in [0.15, 0.2) is 0 Å². The Morgan fingerprint density at radius 3 is 2.46 bits per heavy atom. The third kappa shape index (κ3) is 4.30. The fourth-order valence-electron chi connectivity index (χ4n) is 2.86. The number of nitrogen functional groups attached to an aromatic ring is 1. The van der Waals surface area contributed by atoms with Crippen LogP contribution in [0.2, 0.25) is 0 Å². The molecule has 26 heavy (non-hydrogen) atoms. The molecule has 0 saturated carbocycles. The fourth-order valence-corrected chi connectivity index (χ4v) is 2.86. The van der Waals surface area contributed by atoms with Crippen LogP contribution in [0.1, 0.15) is 33.3 Å². The molecule has 0 radical (unpaired) electrons. The maximum Gasteiger partial charge on any atom is 0.313 e. The second-order valence-electron chi connectivity index (χ2n) is 7.73. The van der Waals surface area contributed by atoms with E-state index in [1.165, 1.54) is 11.1 Å². The molecule has 3 amide bonds. The first-order valence-electron chi connectivity index (χ1n) is 8.64. The summed E-state index contributed by atoms with van der Waals surface area (Å²) in [6.45, 7) is 10.3. The summed E-state index contributed by atoms with van der Waals surface area (Å²) >= 11 is 0. The number of rotatable bonds is 1. The number of nitrogens with two attached hydrogens (primary N) is 1. The lowest BCUT2D eigenvalue weighted by atomic mass is 9.93. The highest BCUT2D eigenvalue weighted by molar-refractivity contribution is 6.39. The van der Waals surface area contributed by atoms with Crippen LogP contribution in [0, 0.1) is 12.3 Å². The average molecular weight is 361 g/mol. The molecule has 0 bridgehead atoms. The Balaban J connectivity index is 1.99. The van der Waals surface area contributed by atoms with Crippen molar-refractivity contribution < 1.29 is 14.4 Å². The maximum atomic E-state index is 12.5. The Labute approximate surface area is 153 Å². The summed E-state index contributed by atoms with van der Waals surface area (Å²) in [5.74, 6) is -0.916. The minimum absolute atomic E-state index is 0.0463. The highest BCUT2D eigenvalue weighted by atomic mass is 16.2. The molecule has 1 atom stereocenters. The number of piperazine rings is 1. The first-order valence-corrected chi connectivity index (χ1v) is 8.64. The molecule has 0 spiro atoms. The van der Waals surface area contributed by atoms with Crippen molar-refractivity contribution in [1.82, 2.24) is 14.8 Å². The van der Waals surface area contributed by atoms with Crippen molar-refractivity contribution in [2.45, 2.75) is 40.7 Å². The molecular formula is C18H27N5O3. The number of nitrogens with one attached hydrogen (secondary N) is 1. The number of hydrogen-bond donors (Lipinski definition) is 2. The van der Waals surface area contributed by atoms with Gasteiger partial charge in [-0.1, -0.05) is 20.8 Å². The number of carbonyl (C=O) groups is 3. The molecule has 1 aromatic rings. The quantitative estimate of drug-likeness (QED) is 0.726. The number of aromatic nitrogens is 1. The number of carbonyl (C=O) groups excluding carboxylic acids is 3. The summed E-state index contributed by atoms with van der Waals surface area (Å²) in [5, 5.41) is 2.55. The van der Waals surface area contributed by atoms with Crippen LogP contribution in [0.4, 0.5) is 11.5 Å². The fraction of sp³-hybridized carbons (Fsp3) is 0.556. The Kier molecular flexibility index (Phi) is 5.53. The molecule has 8 heteroatoms. The largest absolute Gasteiger partial charge is 0.383 e. The Hall–Kier alpha value is -2.64. The Bertz CT molecular complexity index is 726. The van der Waals surface area contributed by atoms with Crippen molar-refractivity contribution >= 4 is 29.2 Å². The summed E-state index contributed by atoms with van der Waals surface area (Å²) < 4.78 is 0. The Morgan fingerprint density at radius 1 is 1.27 bits per heavy atom. The van der Waals surface area contributed by atoms with Gasteiger partial charge in [-0.2, -0.15) is 0 Å². The summed E-state index contributed by atoms with van der Waals surface area (Å²) in [6.07, 6.45) is 1.41. The van der Waals surface area contributed by atoms with Crippen LogP contribution in [0.25, 0.3) is 0 Å². The first-order chi connectivity index (χ1) is 12.0. The van der Waals surface area contributed by atoms with Gasteiger partial charge >= 0.3 is 11.8 Å². The normalized spacial score (nSPS) is 17.8. The van der Waals surface area contributed by atoms with Crippen molar-refractivity contribution in [2.24, 2.45) is 5.41 Å². The van der Waals surface area contributed by atoms with E-state index in [9.17, 15) is 14.4 Å². The molecule has 2 rings (SSSR count). The number of pyridine rings is 1. The molecule has 142 valence electrons. The molecule has 1 saturated heterocycles. The zero-order chi connectivity index (χ0) is 19.6. The van der Waals surface area contributed by atoms with E-state index >= 15 is 0 Å². The third-order valence-corrected chi connectivity index (χ3v) is 4.39. The molecule has 0 aliphatic carbocycles. The zero-order valence-corrected chi connectivity index (χ0v) is 16.0. The average Bonchev–Trinajstić information content (AvgIpc) is 2.56. The predicted octanol–water partition coefficient (Wildman–Crippen LogP) is 1.02. The summed E-state index contributed by atoms with van der Waals surface area (Å²) in [4.78, 5) is 44.4. The van der Waals surface area contributed by atoms with Gasteiger partial charge in [0.25, 0.3) is 0 Å². The van der Waals surface area contributed by atoms with Gasteiger partial charge in [-0.3, -0.25) is 14.4 Å². The lowest BCUT2D eigenvalue weighted by Crippen LogP contribution is -2.58. The van der Waals surface area contributed by atoms with Crippen LogP contribution >= 0.6 is 0 Å². The zero-order valence-electron chi connectivity index (χ0n) is 16.0. The van der Waals surface area contributed by atoms with E-state index in [4.69, 9.17) is 5.73 Å². The van der Waals surface area contributed by atoms with Crippen LogP contribution in [0.5, 0.6) is 0 Å². The Morgan fingerprint density at radius 2 is 1.92 bits per heavy atom. The second-order valence-corrected chi connectivity index (χ2v) is 7.73. The lowest BCUT2D eigenvalue weighted by molar-refractivity contribution is -0.150. The highest BCUT2D eigenvalue weighted by Gasteiger charge is 2.36. The minimum Gasteiger partial charge on any atom is -0.383 e. The van der Waals surface area contributed by atoms with Crippen molar-refractivity contribution in [3.8, 4) is 0 Å². The van der Waals surface area contributed by atoms with E-state index in [1.54, 1.807) is 17.9 Å². The van der Waals surface area contributed by atoms with Crippen LogP contribution in [0.3, 0.4) is 0 Å². The van der Waals surface area contributed by atoms with Gasteiger partial charge in [0.2, 0.25) is 5.91 Å². The van der Waals surface area contributed by atoms with Crippen LogP contribution in [-0.4, -0.2) is 58.2 Å². The topological polar surface area (TPSA) is 109 Å². The molecule has 1 aliphatic rings. The van der Waals surface area contributed by atoms with E-state index < -0.39 is 17.2 Å². The standard InChI is InChI=1S/C18H27N5O3/c1-11-8-13(9-20-14(11)19)21-15(24)16(25)22-6-7-23(12(2)10-22)17(26)18(3,4)5/h8-9,12H,6-7,10H2,1-5H3,(H2,19,20)(H,21,24).